The summed E-state index contributed by atoms with van der Waals surface area (Å²) in [6.45, 7) is 15.2. The number of aliphatic imine (C=N–C) groups is 1. The maximum absolute atomic E-state index is 5.67. The van der Waals surface area contributed by atoms with Crippen molar-refractivity contribution in [3.8, 4) is 0 Å². The Hall–Kier alpha value is -0.810. The molecule has 0 aromatic heterocycles. The van der Waals surface area contributed by atoms with Gasteiger partial charge in [-0.05, 0) is 45.1 Å². The van der Waals surface area contributed by atoms with Crippen LogP contribution in [0.5, 0.6) is 0 Å². The Bertz CT molecular complexity index is 431. The standard InChI is InChI=1S/C19H36N4O/c1-4-20-18(23-10-7-19(14-23)8-11-24-15-19)21-12-17-6-5-9-22(17)13-16(2)3/h16-17H,4-15H2,1-3H3,(H,20,21)/t17-,19?/m1/s1. The van der Waals surface area contributed by atoms with Gasteiger partial charge in [0.05, 0.1) is 13.2 Å². The summed E-state index contributed by atoms with van der Waals surface area (Å²) in [4.78, 5) is 10.2. The zero-order valence-electron chi connectivity index (χ0n) is 15.9. The first-order chi connectivity index (χ1) is 11.6. The molecule has 3 aliphatic rings. The van der Waals surface area contributed by atoms with Crippen molar-refractivity contribution in [1.29, 1.82) is 0 Å². The van der Waals surface area contributed by atoms with Crippen LogP contribution in [0, 0.1) is 11.3 Å². The number of ether oxygens (including phenoxy) is 1. The van der Waals surface area contributed by atoms with Crippen LogP contribution in [0.15, 0.2) is 4.99 Å². The van der Waals surface area contributed by atoms with Crippen molar-refractivity contribution in [2.75, 3.05) is 52.5 Å². The van der Waals surface area contributed by atoms with E-state index in [0.717, 1.165) is 51.3 Å². The van der Waals surface area contributed by atoms with Gasteiger partial charge in [-0.1, -0.05) is 13.8 Å². The van der Waals surface area contributed by atoms with Gasteiger partial charge in [0.15, 0.2) is 5.96 Å². The third-order valence-electron chi connectivity index (χ3n) is 5.81. The summed E-state index contributed by atoms with van der Waals surface area (Å²) < 4.78 is 5.67. The molecule has 0 bridgehead atoms. The van der Waals surface area contributed by atoms with Gasteiger partial charge < -0.3 is 15.0 Å². The van der Waals surface area contributed by atoms with E-state index in [1.807, 2.05) is 0 Å². The van der Waals surface area contributed by atoms with Crippen LogP contribution in [0.1, 0.15) is 46.5 Å². The average molecular weight is 337 g/mol. The highest BCUT2D eigenvalue weighted by Crippen LogP contribution is 2.38. The van der Waals surface area contributed by atoms with Crippen LogP contribution in [0.25, 0.3) is 0 Å². The highest BCUT2D eigenvalue weighted by atomic mass is 16.5. The van der Waals surface area contributed by atoms with Crippen LogP contribution in [-0.4, -0.2) is 74.3 Å². The second-order valence-corrected chi connectivity index (χ2v) is 8.35. The lowest BCUT2D eigenvalue weighted by Crippen LogP contribution is -2.42. The minimum Gasteiger partial charge on any atom is -0.381 e. The predicted octanol–water partition coefficient (Wildman–Crippen LogP) is 2.18. The molecule has 0 aromatic rings. The van der Waals surface area contributed by atoms with Gasteiger partial charge in [0, 0.05) is 44.2 Å². The number of guanidine groups is 1. The maximum atomic E-state index is 5.67. The number of rotatable bonds is 5. The van der Waals surface area contributed by atoms with E-state index in [4.69, 9.17) is 9.73 Å². The molecule has 3 aliphatic heterocycles. The first-order valence-corrected chi connectivity index (χ1v) is 9.97. The molecular formula is C19H36N4O. The fourth-order valence-corrected chi connectivity index (χ4v) is 4.52. The Balaban J connectivity index is 1.59. The molecule has 2 atom stereocenters. The Morgan fingerprint density at radius 1 is 1.33 bits per heavy atom. The second kappa shape index (κ2) is 8.05. The van der Waals surface area contributed by atoms with E-state index in [1.165, 1.54) is 38.8 Å². The van der Waals surface area contributed by atoms with Gasteiger partial charge in [0.25, 0.3) is 0 Å². The summed E-state index contributed by atoms with van der Waals surface area (Å²) in [6, 6.07) is 0.632. The van der Waals surface area contributed by atoms with Gasteiger partial charge in [-0.3, -0.25) is 9.89 Å². The quantitative estimate of drug-likeness (QED) is 0.617. The van der Waals surface area contributed by atoms with Gasteiger partial charge in [-0.15, -0.1) is 0 Å². The van der Waals surface area contributed by atoms with Crippen LogP contribution in [0.3, 0.4) is 0 Å². The summed E-state index contributed by atoms with van der Waals surface area (Å²) in [5.74, 6) is 1.86. The predicted molar refractivity (Wildman–Crippen MR) is 99.5 cm³/mol. The third kappa shape index (κ3) is 4.23. The number of likely N-dealkylation sites (tertiary alicyclic amines) is 2. The van der Waals surface area contributed by atoms with Gasteiger partial charge in [-0.25, -0.2) is 0 Å². The molecule has 5 heteroatoms. The molecule has 3 heterocycles. The smallest absolute Gasteiger partial charge is 0.193 e. The van der Waals surface area contributed by atoms with Crippen molar-refractivity contribution < 1.29 is 4.74 Å². The van der Waals surface area contributed by atoms with Crippen molar-refractivity contribution >= 4 is 5.96 Å². The SMILES string of the molecule is CCNC(=NC[C@H]1CCCN1CC(C)C)N1CCC2(CCOC2)C1. The van der Waals surface area contributed by atoms with E-state index < -0.39 is 0 Å². The topological polar surface area (TPSA) is 40.1 Å². The number of nitrogens with zero attached hydrogens (tertiary/aromatic N) is 3. The average Bonchev–Trinajstić information content (AvgIpc) is 3.27. The lowest BCUT2D eigenvalue weighted by molar-refractivity contribution is 0.156. The van der Waals surface area contributed by atoms with Crippen molar-refractivity contribution in [2.24, 2.45) is 16.3 Å². The molecule has 24 heavy (non-hydrogen) atoms. The van der Waals surface area contributed by atoms with Gasteiger partial charge in [-0.2, -0.15) is 0 Å². The minimum atomic E-state index is 0.396. The van der Waals surface area contributed by atoms with E-state index in [9.17, 15) is 0 Å². The van der Waals surface area contributed by atoms with Crippen LogP contribution in [-0.2, 0) is 4.74 Å². The monoisotopic (exact) mass is 336 g/mol. The zero-order valence-corrected chi connectivity index (χ0v) is 15.9. The van der Waals surface area contributed by atoms with Gasteiger partial charge in [0.2, 0.25) is 0 Å². The van der Waals surface area contributed by atoms with E-state index in [1.54, 1.807) is 0 Å². The first kappa shape index (κ1) is 18.0. The fourth-order valence-electron chi connectivity index (χ4n) is 4.52. The Morgan fingerprint density at radius 3 is 2.92 bits per heavy atom. The molecule has 0 aromatic carbocycles. The highest BCUT2D eigenvalue weighted by Gasteiger charge is 2.42. The first-order valence-electron chi connectivity index (χ1n) is 9.97. The summed E-state index contributed by atoms with van der Waals surface area (Å²) in [5.41, 5.74) is 0.396. The largest absolute Gasteiger partial charge is 0.381 e. The molecule has 3 saturated heterocycles. The molecule has 3 fully saturated rings. The van der Waals surface area contributed by atoms with Gasteiger partial charge in [0.1, 0.15) is 0 Å². The summed E-state index contributed by atoms with van der Waals surface area (Å²) in [5, 5.41) is 3.53. The van der Waals surface area contributed by atoms with Crippen molar-refractivity contribution in [2.45, 2.75) is 52.5 Å². The molecule has 1 unspecified atom stereocenters. The van der Waals surface area contributed by atoms with Crippen LogP contribution >= 0.6 is 0 Å². The van der Waals surface area contributed by atoms with Crippen molar-refractivity contribution in [3.05, 3.63) is 0 Å². The maximum Gasteiger partial charge on any atom is 0.193 e. The van der Waals surface area contributed by atoms with E-state index in [0.29, 0.717) is 11.5 Å². The summed E-state index contributed by atoms with van der Waals surface area (Å²) in [6.07, 6.45) is 5.09. The Kier molecular flexibility index (Phi) is 6.03. The van der Waals surface area contributed by atoms with Crippen LogP contribution < -0.4 is 5.32 Å². The molecule has 3 rings (SSSR count). The highest BCUT2D eigenvalue weighted by molar-refractivity contribution is 5.80. The second-order valence-electron chi connectivity index (χ2n) is 8.35. The number of nitrogens with one attached hydrogen (secondary N) is 1. The molecule has 1 N–H and O–H groups in total. The van der Waals surface area contributed by atoms with E-state index in [-0.39, 0.29) is 0 Å². The summed E-state index contributed by atoms with van der Waals surface area (Å²) >= 11 is 0. The van der Waals surface area contributed by atoms with E-state index >= 15 is 0 Å². The molecule has 0 aliphatic carbocycles. The normalized spacial score (nSPS) is 31.8. The van der Waals surface area contributed by atoms with Crippen molar-refractivity contribution in [3.63, 3.8) is 0 Å². The van der Waals surface area contributed by atoms with Crippen molar-refractivity contribution in [1.82, 2.24) is 15.1 Å². The molecular weight excluding hydrogens is 300 g/mol. The molecule has 0 amide bonds. The lowest BCUT2D eigenvalue weighted by Gasteiger charge is -2.27. The Labute approximate surface area is 147 Å². The third-order valence-corrected chi connectivity index (χ3v) is 5.81. The molecule has 5 nitrogen and oxygen atoms in total. The lowest BCUT2D eigenvalue weighted by atomic mass is 9.87. The number of hydrogen-bond acceptors (Lipinski definition) is 3. The molecule has 0 saturated carbocycles. The van der Waals surface area contributed by atoms with E-state index in [2.05, 4.69) is 35.9 Å². The Morgan fingerprint density at radius 2 is 2.21 bits per heavy atom. The van der Waals surface area contributed by atoms with Gasteiger partial charge >= 0.3 is 0 Å². The molecule has 1 spiro atoms. The number of hydrogen-bond donors (Lipinski definition) is 1. The van der Waals surface area contributed by atoms with Crippen LogP contribution in [0.2, 0.25) is 0 Å². The molecule has 138 valence electrons. The molecule has 0 radical (unpaired) electrons. The zero-order chi connectivity index (χ0) is 17.0. The van der Waals surface area contributed by atoms with Crippen LogP contribution in [0.4, 0.5) is 0 Å². The fraction of sp³-hybridized carbons (Fsp3) is 0.947. The summed E-state index contributed by atoms with van der Waals surface area (Å²) in [7, 11) is 0. The minimum absolute atomic E-state index is 0.396.